The van der Waals surface area contributed by atoms with Crippen molar-refractivity contribution in [3.63, 3.8) is 0 Å². The summed E-state index contributed by atoms with van der Waals surface area (Å²) in [6.45, 7) is 4.06. The van der Waals surface area contributed by atoms with E-state index in [2.05, 4.69) is 25.9 Å². The second kappa shape index (κ2) is 9.42. The molecule has 2 heterocycles. The maximum absolute atomic E-state index is 12.2. The number of hydrogen-bond acceptors (Lipinski definition) is 5. The van der Waals surface area contributed by atoms with Crippen molar-refractivity contribution in [2.45, 2.75) is 26.2 Å². The molecule has 2 aromatic carbocycles. The second-order valence-corrected chi connectivity index (χ2v) is 7.67. The number of aromatic nitrogens is 2. The van der Waals surface area contributed by atoms with Crippen molar-refractivity contribution >= 4 is 40.0 Å². The predicted octanol–water partition coefficient (Wildman–Crippen LogP) is 3.82. The number of amides is 3. The first-order valence-electron chi connectivity index (χ1n) is 10.5. The highest BCUT2D eigenvalue weighted by atomic mass is 16.2. The van der Waals surface area contributed by atoms with Crippen molar-refractivity contribution in [1.29, 1.82) is 0 Å². The Bertz CT molecular complexity index is 1100. The number of carbonyl (C=O) groups excluding carboxylic acids is 2. The SMILES string of the molecule is Cc1cccc(Nc2ncnc3cc(NC(=O)NCCCN4CCCC4=O)ccc23)c1. The van der Waals surface area contributed by atoms with E-state index in [1.165, 1.54) is 6.33 Å². The molecule has 1 saturated heterocycles. The van der Waals surface area contributed by atoms with Crippen LogP contribution in [0.1, 0.15) is 24.8 Å². The first-order valence-corrected chi connectivity index (χ1v) is 10.5. The van der Waals surface area contributed by atoms with Gasteiger partial charge >= 0.3 is 6.03 Å². The van der Waals surface area contributed by atoms with Crippen LogP contribution in [0.2, 0.25) is 0 Å². The lowest BCUT2D eigenvalue weighted by Gasteiger charge is -2.15. The summed E-state index contributed by atoms with van der Waals surface area (Å²) < 4.78 is 0. The highest BCUT2D eigenvalue weighted by molar-refractivity contribution is 5.96. The van der Waals surface area contributed by atoms with Crippen LogP contribution < -0.4 is 16.0 Å². The van der Waals surface area contributed by atoms with Gasteiger partial charge < -0.3 is 20.9 Å². The average molecular weight is 419 g/mol. The highest BCUT2D eigenvalue weighted by Crippen LogP contribution is 2.25. The summed E-state index contributed by atoms with van der Waals surface area (Å²) in [6, 6.07) is 13.3. The van der Waals surface area contributed by atoms with Crippen LogP contribution in [0.25, 0.3) is 10.9 Å². The lowest BCUT2D eigenvalue weighted by atomic mass is 10.2. The summed E-state index contributed by atoms with van der Waals surface area (Å²) in [7, 11) is 0. The molecule has 1 fully saturated rings. The van der Waals surface area contributed by atoms with Gasteiger partial charge in [0, 0.05) is 42.8 Å². The maximum Gasteiger partial charge on any atom is 0.319 e. The first-order chi connectivity index (χ1) is 15.1. The van der Waals surface area contributed by atoms with Crippen LogP contribution >= 0.6 is 0 Å². The normalized spacial score (nSPS) is 13.5. The zero-order valence-corrected chi connectivity index (χ0v) is 17.5. The molecule has 0 unspecified atom stereocenters. The van der Waals surface area contributed by atoms with E-state index in [4.69, 9.17) is 0 Å². The van der Waals surface area contributed by atoms with Gasteiger partial charge in [-0.15, -0.1) is 0 Å². The molecule has 0 spiro atoms. The molecule has 0 saturated carbocycles. The average Bonchev–Trinajstić information content (AvgIpc) is 3.16. The largest absolute Gasteiger partial charge is 0.343 e. The number of nitrogens with one attached hydrogen (secondary N) is 3. The van der Waals surface area contributed by atoms with Crippen molar-refractivity contribution in [3.05, 3.63) is 54.4 Å². The smallest absolute Gasteiger partial charge is 0.319 e. The molecule has 4 rings (SSSR count). The topological polar surface area (TPSA) is 99.2 Å². The Morgan fingerprint density at radius 1 is 1.13 bits per heavy atom. The minimum absolute atomic E-state index is 0.207. The quantitative estimate of drug-likeness (QED) is 0.507. The van der Waals surface area contributed by atoms with Crippen molar-refractivity contribution in [2.24, 2.45) is 0 Å². The van der Waals surface area contributed by atoms with E-state index >= 15 is 0 Å². The Balaban J connectivity index is 1.34. The standard InChI is InChI=1S/C23H26N6O2/c1-16-5-2-6-17(13-16)27-22-19-9-8-18(14-20(19)25-15-26-22)28-23(31)24-10-4-12-29-11-3-7-21(29)30/h2,5-6,8-9,13-15H,3-4,7,10-12H2,1H3,(H2,24,28,31)(H,25,26,27). The fourth-order valence-electron chi connectivity index (χ4n) is 3.68. The van der Waals surface area contributed by atoms with E-state index < -0.39 is 0 Å². The molecule has 0 atom stereocenters. The number of nitrogens with zero attached hydrogens (tertiary/aromatic N) is 3. The van der Waals surface area contributed by atoms with Crippen LogP contribution in [0.4, 0.5) is 22.0 Å². The van der Waals surface area contributed by atoms with Gasteiger partial charge in [0.15, 0.2) is 0 Å². The highest BCUT2D eigenvalue weighted by Gasteiger charge is 2.19. The molecule has 8 heteroatoms. The van der Waals surface area contributed by atoms with Crippen molar-refractivity contribution in [3.8, 4) is 0 Å². The Kier molecular flexibility index (Phi) is 6.26. The van der Waals surface area contributed by atoms with Crippen LogP contribution in [-0.4, -0.2) is 46.4 Å². The van der Waals surface area contributed by atoms with Gasteiger partial charge in [0.2, 0.25) is 5.91 Å². The van der Waals surface area contributed by atoms with E-state index in [1.807, 2.05) is 54.3 Å². The minimum Gasteiger partial charge on any atom is -0.343 e. The second-order valence-electron chi connectivity index (χ2n) is 7.67. The lowest BCUT2D eigenvalue weighted by molar-refractivity contribution is -0.127. The monoisotopic (exact) mass is 418 g/mol. The molecule has 8 nitrogen and oxygen atoms in total. The molecule has 0 aliphatic carbocycles. The number of likely N-dealkylation sites (tertiary alicyclic amines) is 1. The van der Waals surface area contributed by atoms with Crippen LogP contribution in [-0.2, 0) is 4.79 Å². The van der Waals surface area contributed by atoms with Gasteiger partial charge in [0.25, 0.3) is 0 Å². The van der Waals surface area contributed by atoms with Gasteiger partial charge in [-0.05, 0) is 55.7 Å². The van der Waals surface area contributed by atoms with E-state index in [1.54, 1.807) is 0 Å². The third kappa shape index (κ3) is 5.28. The van der Waals surface area contributed by atoms with Gasteiger partial charge in [-0.25, -0.2) is 14.8 Å². The molecular formula is C23H26N6O2. The Morgan fingerprint density at radius 3 is 2.84 bits per heavy atom. The van der Waals surface area contributed by atoms with Gasteiger partial charge in [-0.3, -0.25) is 4.79 Å². The fraction of sp³-hybridized carbons (Fsp3) is 0.304. The molecule has 160 valence electrons. The van der Waals surface area contributed by atoms with Gasteiger partial charge in [-0.1, -0.05) is 12.1 Å². The fourth-order valence-corrected chi connectivity index (χ4v) is 3.68. The maximum atomic E-state index is 12.2. The molecule has 0 bridgehead atoms. The third-order valence-electron chi connectivity index (χ3n) is 5.24. The molecule has 0 radical (unpaired) electrons. The Morgan fingerprint density at radius 2 is 2.03 bits per heavy atom. The number of anilines is 3. The summed E-state index contributed by atoms with van der Waals surface area (Å²) in [5.74, 6) is 0.918. The lowest BCUT2D eigenvalue weighted by Crippen LogP contribution is -2.33. The number of carbonyl (C=O) groups is 2. The van der Waals surface area contributed by atoms with E-state index in [-0.39, 0.29) is 11.9 Å². The summed E-state index contributed by atoms with van der Waals surface area (Å²) in [4.78, 5) is 34.4. The van der Waals surface area contributed by atoms with Crippen LogP contribution in [0.3, 0.4) is 0 Å². The summed E-state index contributed by atoms with van der Waals surface area (Å²) in [5, 5.41) is 9.87. The number of aryl methyl sites for hydroxylation is 1. The van der Waals surface area contributed by atoms with Crippen LogP contribution in [0.5, 0.6) is 0 Å². The molecule has 31 heavy (non-hydrogen) atoms. The van der Waals surface area contributed by atoms with Crippen molar-refractivity contribution in [1.82, 2.24) is 20.2 Å². The number of rotatable bonds is 7. The molecule has 1 aliphatic rings. The van der Waals surface area contributed by atoms with Crippen LogP contribution in [0, 0.1) is 6.92 Å². The summed E-state index contributed by atoms with van der Waals surface area (Å²) in [5.41, 5.74) is 3.50. The molecule has 1 aliphatic heterocycles. The molecule has 3 amide bonds. The number of fused-ring (bicyclic) bond motifs is 1. The van der Waals surface area contributed by atoms with Gasteiger partial charge in [0.05, 0.1) is 5.52 Å². The Hall–Kier alpha value is -3.68. The number of benzene rings is 2. The van der Waals surface area contributed by atoms with E-state index in [0.717, 1.165) is 41.5 Å². The van der Waals surface area contributed by atoms with Crippen LogP contribution in [0.15, 0.2) is 48.8 Å². The zero-order valence-electron chi connectivity index (χ0n) is 17.5. The van der Waals surface area contributed by atoms with Crippen molar-refractivity contribution in [2.75, 3.05) is 30.3 Å². The third-order valence-corrected chi connectivity index (χ3v) is 5.24. The van der Waals surface area contributed by atoms with E-state index in [0.29, 0.717) is 31.0 Å². The molecule has 3 N–H and O–H groups in total. The molecule has 1 aromatic heterocycles. The summed E-state index contributed by atoms with van der Waals surface area (Å²) >= 11 is 0. The summed E-state index contributed by atoms with van der Waals surface area (Å²) in [6.07, 6.45) is 3.81. The first kappa shape index (κ1) is 20.6. The zero-order chi connectivity index (χ0) is 21.6. The predicted molar refractivity (Wildman–Crippen MR) is 121 cm³/mol. The van der Waals surface area contributed by atoms with Crippen molar-refractivity contribution < 1.29 is 9.59 Å². The minimum atomic E-state index is -0.278. The molecular weight excluding hydrogens is 392 g/mol. The van der Waals surface area contributed by atoms with Gasteiger partial charge in [0.1, 0.15) is 12.1 Å². The number of hydrogen-bond donors (Lipinski definition) is 3. The Labute approximate surface area is 181 Å². The van der Waals surface area contributed by atoms with Gasteiger partial charge in [-0.2, -0.15) is 0 Å². The van der Waals surface area contributed by atoms with E-state index in [9.17, 15) is 9.59 Å². The number of urea groups is 1. The molecule has 3 aromatic rings.